The minimum absolute atomic E-state index is 0.109. The highest BCUT2D eigenvalue weighted by Gasteiger charge is 2.29. The number of unbranched alkanes of at least 4 members (excludes halogenated alkanes) is 3. The lowest BCUT2D eigenvalue weighted by Gasteiger charge is -2.25. The van der Waals surface area contributed by atoms with Crippen molar-refractivity contribution in [2.75, 3.05) is 19.8 Å². The van der Waals surface area contributed by atoms with Crippen LogP contribution in [-0.2, 0) is 4.74 Å². The highest BCUT2D eigenvalue weighted by Crippen LogP contribution is 2.06. The average molecular weight is 266 g/mol. The second-order valence-electron chi connectivity index (χ2n) is 4.43. The Morgan fingerprint density at radius 1 is 0.889 bits per heavy atom. The number of aliphatic hydroxyl groups excluding tert-OH is 5. The van der Waals surface area contributed by atoms with Crippen LogP contribution in [0.2, 0.25) is 0 Å². The van der Waals surface area contributed by atoms with E-state index < -0.39 is 31.0 Å². The molecular formula is C12H26O6. The van der Waals surface area contributed by atoms with Crippen molar-refractivity contribution in [3.05, 3.63) is 0 Å². The topological polar surface area (TPSA) is 110 Å². The Labute approximate surface area is 108 Å². The van der Waals surface area contributed by atoms with E-state index in [1.165, 1.54) is 0 Å². The first-order valence-corrected chi connectivity index (χ1v) is 6.45. The number of hydrogen-bond donors (Lipinski definition) is 5. The highest BCUT2D eigenvalue weighted by atomic mass is 16.5. The van der Waals surface area contributed by atoms with E-state index in [0.29, 0.717) is 6.61 Å². The molecule has 0 aromatic carbocycles. The normalized spacial score (nSPS) is 18.3. The predicted molar refractivity (Wildman–Crippen MR) is 66.1 cm³/mol. The van der Waals surface area contributed by atoms with Crippen LogP contribution in [-0.4, -0.2) is 69.8 Å². The van der Waals surface area contributed by atoms with Crippen molar-refractivity contribution < 1.29 is 30.3 Å². The smallest absolute Gasteiger partial charge is 0.111 e. The van der Waals surface area contributed by atoms with Crippen molar-refractivity contribution in [1.29, 1.82) is 0 Å². The molecular weight excluding hydrogens is 240 g/mol. The Hall–Kier alpha value is -0.240. The third-order valence-corrected chi connectivity index (χ3v) is 2.76. The van der Waals surface area contributed by atoms with Gasteiger partial charge in [0.2, 0.25) is 0 Å². The summed E-state index contributed by atoms with van der Waals surface area (Å²) in [7, 11) is 0. The van der Waals surface area contributed by atoms with Gasteiger partial charge >= 0.3 is 0 Å². The standard InChI is InChI=1S/C12H26O6/c1-2-3-4-5-6-18-8-10(15)12(17)11(16)9(14)7-13/h9-17H,2-8H2,1H3/t9-,10+,11-,12-/m1/s1. The number of aliphatic hydroxyl groups is 5. The van der Waals surface area contributed by atoms with E-state index >= 15 is 0 Å². The van der Waals surface area contributed by atoms with Crippen molar-refractivity contribution in [2.24, 2.45) is 0 Å². The summed E-state index contributed by atoms with van der Waals surface area (Å²) >= 11 is 0. The van der Waals surface area contributed by atoms with Gasteiger partial charge in [0.15, 0.2) is 0 Å². The van der Waals surface area contributed by atoms with Crippen LogP contribution in [0.1, 0.15) is 32.6 Å². The largest absolute Gasteiger partial charge is 0.394 e. The van der Waals surface area contributed by atoms with Crippen LogP contribution in [0.3, 0.4) is 0 Å². The maximum absolute atomic E-state index is 9.51. The molecule has 0 aliphatic carbocycles. The summed E-state index contributed by atoms with van der Waals surface area (Å²) in [5.74, 6) is 0. The van der Waals surface area contributed by atoms with E-state index in [2.05, 4.69) is 6.92 Å². The molecule has 0 unspecified atom stereocenters. The minimum atomic E-state index is -1.59. The molecule has 0 fully saturated rings. The average Bonchev–Trinajstić information content (AvgIpc) is 2.39. The monoisotopic (exact) mass is 266 g/mol. The Morgan fingerprint density at radius 2 is 1.50 bits per heavy atom. The van der Waals surface area contributed by atoms with Gasteiger partial charge in [-0.2, -0.15) is 0 Å². The van der Waals surface area contributed by atoms with Crippen LogP contribution < -0.4 is 0 Å². The van der Waals surface area contributed by atoms with Crippen molar-refractivity contribution in [3.63, 3.8) is 0 Å². The fraction of sp³-hybridized carbons (Fsp3) is 1.00. The molecule has 0 bridgehead atoms. The first-order valence-electron chi connectivity index (χ1n) is 6.45. The molecule has 0 amide bonds. The minimum Gasteiger partial charge on any atom is -0.394 e. The van der Waals surface area contributed by atoms with Crippen molar-refractivity contribution in [3.8, 4) is 0 Å². The van der Waals surface area contributed by atoms with Gasteiger partial charge in [-0.05, 0) is 6.42 Å². The summed E-state index contributed by atoms with van der Waals surface area (Å²) in [4.78, 5) is 0. The van der Waals surface area contributed by atoms with Crippen molar-refractivity contribution >= 4 is 0 Å². The lowest BCUT2D eigenvalue weighted by Crippen LogP contribution is -2.47. The van der Waals surface area contributed by atoms with Crippen molar-refractivity contribution in [2.45, 2.75) is 57.0 Å². The van der Waals surface area contributed by atoms with Crippen LogP contribution in [0.4, 0.5) is 0 Å². The van der Waals surface area contributed by atoms with Gasteiger partial charge in [-0.25, -0.2) is 0 Å². The molecule has 0 spiro atoms. The number of rotatable bonds is 11. The van der Waals surface area contributed by atoms with E-state index in [0.717, 1.165) is 25.7 Å². The van der Waals surface area contributed by atoms with E-state index in [4.69, 9.17) is 14.9 Å². The molecule has 0 aromatic heterocycles. The molecule has 0 radical (unpaired) electrons. The molecule has 6 heteroatoms. The lowest BCUT2D eigenvalue weighted by atomic mass is 10.0. The Balaban J connectivity index is 3.70. The van der Waals surface area contributed by atoms with E-state index in [-0.39, 0.29) is 6.61 Å². The fourth-order valence-electron chi connectivity index (χ4n) is 1.50. The van der Waals surface area contributed by atoms with Gasteiger partial charge in [0.25, 0.3) is 0 Å². The Morgan fingerprint density at radius 3 is 2.06 bits per heavy atom. The second-order valence-corrected chi connectivity index (χ2v) is 4.43. The summed E-state index contributed by atoms with van der Waals surface area (Å²) in [6.45, 7) is 1.81. The molecule has 18 heavy (non-hydrogen) atoms. The summed E-state index contributed by atoms with van der Waals surface area (Å²) in [6, 6.07) is 0. The summed E-state index contributed by atoms with van der Waals surface area (Å²) in [5.41, 5.74) is 0. The zero-order chi connectivity index (χ0) is 14.0. The van der Waals surface area contributed by atoms with E-state index in [9.17, 15) is 15.3 Å². The number of ether oxygens (including phenoxy) is 1. The zero-order valence-corrected chi connectivity index (χ0v) is 10.9. The molecule has 5 N–H and O–H groups in total. The molecule has 0 rings (SSSR count). The molecule has 0 saturated heterocycles. The van der Waals surface area contributed by atoms with Crippen LogP contribution in [0, 0.1) is 0 Å². The first-order chi connectivity index (χ1) is 8.54. The molecule has 4 atom stereocenters. The maximum atomic E-state index is 9.51. The lowest BCUT2D eigenvalue weighted by molar-refractivity contribution is -0.129. The van der Waals surface area contributed by atoms with Gasteiger partial charge in [0.05, 0.1) is 13.2 Å². The Bertz CT molecular complexity index is 189. The van der Waals surface area contributed by atoms with Gasteiger partial charge < -0.3 is 30.3 Å². The molecule has 0 aliphatic heterocycles. The highest BCUT2D eigenvalue weighted by molar-refractivity contribution is 4.80. The van der Waals surface area contributed by atoms with E-state index in [1.807, 2.05) is 0 Å². The maximum Gasteiger partial charge on any atom is 0.111 e. The molecule has 0 saturated carbocycles. The third-order valence-electron chi connectivity index (χ3n) is 2.76. The fourth-order valence-corrected chi connectivity index (χ4v) is 1.50. The summed E-state index contributed by atoms with van der Waals surface area (Å²) in [5, 5.41) is 46.0. The SMILES string of the molecule is CCCCCCOC[C@H](O)[C@@H](O)[C@H](O)[C@H](O)CO. The van der Waals surface area contributed by atoms with Crippen LogP contribution in [0.5, 0.6) is 0 Å². The zero-order valence-electron chi connectivity index (χ0n) is 10.9. The van der Waals surface area contributed by atoms with Crippen LogP contribution >= 0.6 is 0 Å². The number of hydrogen-bond acceptors (Lipinski definition) is 6. The van der Waals surface area contributed by atoms with Gasteiger partial charge in [-0.1, -0.05) is 26.2 Å². The molecule has 6 nitrogen and oxygen atoms in total. The van der Waals surface area contributed by atoms with Crippen LogP contribution in [0.25, 0.3) is 0 Å². The molecule has 0 heterocycles. The predicted octanol–water partition coefficient (Wildman–Crippen LogP) is -0.981. The third kappa shape index (κ3) is 7.25. The summed E-state index contributed by atoms with van der Waals surface area (Å²) < 4.78 is 5.16. The van der Waals surface area contributed by atoms with Gasteiger partial charge in [-0.3, -0.25) is 0 Å². The molecule has 0 aromatic rings. The second kappa shape index (κ2) is 10.7. The molecule has 0 aliphatic rings. The van der Waals surface area contributed by atoms with Gasteiger partial charge in [0, 0.05) is 6.61 Å². The van der Waals surface area contributed by atoms with Gasteiger partial charge in [-0.15, -0.1) is 0 Å². The molecule has 110 valence electrons. The van der Waals surface area contributed by atoms with Gasteiger partial charge in [0.1, 0.15) is 24.4 Å². The Kier molecular flexibility index (Phi) is 10.5. The quantitative estimate of drug-likeness (QED) is 0.307. The van der Waals surface area contributed by atoms with Crippen LogP contribution in [0.15, 0.2) is 0 Å². The van der Waals surface area contributed by atoms with E-state index in [1.54, 1.807) is 0 Å². The first kappa shape index (κ1) is 17.8. The summed E-state index contributed by atoms with van der Waals surface area (Å²) in [6.07, 6.45) is -1.68. The van der Waals surface area contributed by atoms with Crippen molar-refractivity contribution in [1.82, 2.24) is 0 Å².